The van der Waals surface area contributed by atoms with E-state index in [4.69, 9.17) is 14.5 Å². The fourth-order valence-electron chi connectivity index (χ4n) is 3.69. The van der Waals surface area contributed by atoms with Gasteiger partial charge in [-0.05, 0) is 36.8 Å². The third-order valence-electron chi connectivity index (χ3n) is 5.24. The Labute approximate surface area is 179 Å². The number of hydrogen-bond donors (Lipinski definition) is 1. The molecular weight excluding hydrogens is 392 g/mol. The number of carbonyl (C=O) groups is 1. The van der Waals surface area contributed by atoms with E-state index in [0.29, 0.717) is 31.1 Å². The van der Waals surface area contributed by atoms with Gasteiger partial charge in [0.2, 0.25) is 0 Å². The molecule has 1 N–H and O–H groups in total. The summed E-state index contributed by atoms with van der Waals surface area (Å²) in [5.41, 5.74) is 2.99. The van der Waals surface area contributed by atoms with Gasteiger partial charge in [0.15, 0.2) is 11.5 Å². The van der Waals surface area contributed by atoms with Gasteiger partial charge in [-0.2, -0.15) is 0 Å². The first kappa shape index (κ1) is 19.1. The van der Waals surface area contributed by atoms with E-state index in [0.717, 1.165) is 40.9 Å². The highest BCUT2D eigenvalue weighted by atomic mass is 16.6. The third kappa shape index (κ3) is 4.07. The van der Waals surface area contributed by atoms with E-state index in [2.05, 4.69) is 10.3 Å². The Kier molecular flexibility index (Phi) is 5.22. The Hall–Kier alpha value is -3.87. The van der Waals surface area contributed by atoms with Gasteiger partial charge in [0.05, 0.1) is 23.1 Å². The summed E-state index contributed by atoms with van der Waals surface area (Å²) in [6.45, 7) is 2.45. The zero-order chi connectivity index (χ0) is 21.0. The second-order valence-electron chi connectivity index (χ2n) is 7.34. The summed E-state index contributed by atoms with van der Waals surface area (Å²) in [5, 5.41) is 3.87. The first-order valence-corrected chi connectivity index (χ1v) is 10.3. The molecule has 2 aromatic carbocycles. The number of aryl methyl sites for hydroxylation is 1. The maximum Gasteiger partial charge on any atom is 0.252 e. The van der Waals surface area contributed by atoms with E-state index in [1.54, 1.807) is 12.5 Å². The quantitative estimate of drug-likeness (QED) is 0.487. The van der Waals surface area contributed by atoms with Crippen LogP contribution in [0.5, 0.6) is 11.5 Å². The molecule has 1 aliphatic heterocycles. The van der Waals surface area contributed by atoms with Gasteiger partial charge < -0.3 is 19.4 Å². The van der Waals surface area contributed by atoms with Crippen LogP contribution in [-0.4, -0.2) is 40.2 Å². The maximum atomic E-state index is 13.0. The molecule has 0 saturated carbocycles. The number of rotatable bonds is 6. The van der Waals surface area contributed by atoms with Gasteiger partial charge in [0.1, 0.15) is 13.2 Å². The molecule has 0 aliphatic carbocycles. The summed E-state index contributed by atoms with van der Waals surface area (Å²) in [7, 11) is 0. The molecule has 1 amide bonds. The van der Waals surface area contributed by atoms with Gasteiger partial charge >= 0.3 is 0 Å². The molecule has 0 saturated heterocycles. The Bertz CT molecular complexity index is 1220. The molecular formula is C24H22N4O3. The number of hydrogen-bond acceptors (Lipinski definition) is 5. The van der Waals surface area contributed by atoms with Crippen molar-refractivity contribution < 1.29 is 14.3 Å². The Balaban J connectivity index is 1.41. The molecule has 0 fully saturated rings. The van der Waals surface area contributed by atoms with Crippen molar-refractivity contribution in [2.45, 2.75) is 13.0 Å². The highest BCUT2D eigenvalue weighted by Crippen LogP contribution is 2.35. The minimum absolute atomic E-state index is 0.108. The lowest BCUT2D eigenvalue weighted by Crippen LogP contribution is -2.25. The predicted octanol–water partition coefficient (Wildman–Crippen LogP) is 3.69. The number of aromatic nitrogens is 3. The number of nitrogens with one attached hydrogen (secondary N) is 1. The Morgan fingerprint density at radius 3 is 2.81 bits per heavy atom. The number of benzene rings is 2. The highest BCUT2D eigenvalue weighted by molar-refractivity contribution is 6.07. The van der Waals surface area contributed by atoms with E-state index in [1.807, 2.05) is 59.3 Å². The van der Waals surface area contributed by atoms with Crippen LogP contribution in [0.15, 0.2) is 67.3 Å². The maximum absolute atomic E-state index is 13.0. The normalized spacial score (nSPS) is 12.6. The van der Waals surface area contributed by atoms with Crippen molar-refractivity contribution in [2.24, 2.45) is 0 Å². The molecule has 2 aromatic heterocycles. The summed E-state index contributed by atoms with van der Waals surface area (Å²) in [6, 6.07) is 15.3. The summed E-state index contributed by atoms with van der Waals surface area (Å²) in [6.07, 6.45) is 6.26. The molecule has 7 heteroatoms. The molecule has 0 bridgehead atoms. The van der Waals surface area contributed by atoms with Crippen molar-refractivity contribution in [1.82, 2.24) is 19.9 Å². The summed E-state index contributed by atoms with van der Waals surface area (Å²) in [5.74, 6) is 1.32. The monoisotopic (exact) mass is 414 g/mol. The van der Waals surface area contributed by atoms with Crippen LogP contribution in [0.1, 0.15) is 16.8 Å². The van der Waals surface area contributed by atoms with E-state index in [9.17, 15) is 4.79 Å². The van der Waals surface area contributed by atoms with Gasteiger partial charge in [-0.25, -0.2) is 9.97 Å². The second-order valence-corrected chi connectivity index (χ2v) is 7.34. The van der Waals surface area contributed by atoms with Gasteiger partial charge in [-0.1, -0.05) is 18.2 Å². The fourth-order valence-corrected chi connectivity index (χ4v) is 3.69. The van der Waals surface area contributed by atoms with Crippen molar-refractivity contribution in [1.29, 1.82) is 0 Å². The number of carbonyl (C=O) groups excluding carboxylic acids is 1. The molecule has 31 heavy (non-hydrogen) atoms. The predicted molar refractivity (Wildman–Crippen MR) is 117 cm³/mol. The molecule has 0 spiro atoms. The lowest BCUT2D eigenvalue weighted by molar-refractivity contribution is 0.0954. The number of pyridine rings is 1. The molecule has 5 rings (SSSR count). The van der Waals surface area contributed by atoms with Crippen molar-refractivity contribution in [3.05, 3.63) is 72.8 Å². The SMILES string of the molecule is O=C(NCCCn1ccnc1)c1cc(-c2ccc3c(c2)OCCO3)nc2ccccc12. The molecule has 4 aromatic rings. The first-order valence-electron chi connectivity index (χ1n) is 10.3. The third-order valence-corrected chi connectivity index (χ3v) is 5.24. The molecule has 0 unspecified atom stereocenters. The van der Waals surface area contributed by atoms with Crippen LogP contribution in [0.4, 0.5) is 0 Å². The smallest absolute Gasteiger partial charge is 0.252 e. The Morgan fingerprint density at radius 2 is 1.94 bits per heavy atom. The van der Waals surface area contributed by atoms with E-state index in [-0.39, 0.29) is 5.91 Å². The standard InChI is InChI=1S/C24H22N4O3/c29-24(26-8-3-10-28-11-9-25-16-28)19-15-21(27-20-5-2-1-4-18(19)20)17-6-7-22-23(14-17)31-13-12-30-22/h1-2,4-7,9,11,14-16H,3,8,10,12-13H2,(H,26,29). The van der Waals surface area contributed by atoms with Crippen molar-refractivity contribution in [3.63, 3.8) is 0 Å². The minimum Gasteiger partial charge on any atom is -0.486 e. The van der Waals surface area contributed by atoms with Gasteiger partial charge in [-0.3, -0.25) is 4.79 Å². The van der Waals surface area contributed by atoms with Crippen molar-refractivity contribution >= 4 is 16.8 Å². The molecule has 0 radical (unpaired) electrons. The van der Waals surface area contributed by atoms with Crippen molar-refractivity contribution in [2.75, 3.05) is 19.8 Å². The van der Waals surface area contributed by atoms with Crippen molar-refractivity contribution in [3.8, 4) is 22.8 Å². The Morgan fingerprint density at radius 1 is 1.06 bits per heavy atom. The number of fused-ring (bicyclic) bond motifs is 2. The molecule has 7 nitrogen and oxygen atoms in total. The number of para-hydroxylation sites is 1. The molecule has 1 aliphatic rings. The van der Waals surface area contributed by atoms with Crippen LogP contribution in [-0.2, 0) is 6.54 Å². The zero-order valence-corrected chi connectivity index (χ0v) is 17.0. The van der Waals surface area contributed by atoms with Gasteiger partial charge in [0.25, 0.3) is 5.91 Å². The summed E-state index contributed by atoms with van der Waals surface area (Å²) >= 11 is 0. The van der Waals surface area contributed by atoms with E-state index >= 15 is 0 Å². The largest absolute Gasteiger partial charge is 0.486 e. The number of imidazole rings is 1. The lowest BCUT2D eigenvalue weighted by Gasteiger charge is -2.19. The van der Waals surface area contributed by atoms with Crippen LogP contribution in [0.25, 0.3) is 22.2 Å². The van der Waals surface area contributed by atoms with Crippen LogP contribution >= 0.6 is 0 Å². The molecule has 156 valence electrons. The van der Waals surface area contributed by atoms with Crippen LogP contribution in [0.2, 0.25) is 0 Å². The zero-order valence-electron chi connectivity index (χ0n) is 17.0. The molecule has 3 heterocycles. The number of nitrogens with zero attached hydrogens (tertiary/aromatic N) is 3. The average molecular weight is 414 g/mol. The summed E-state index contributed by atoms with van der Waals surface area (Å²) in [4.78, 5) is 21.8. The number of amides is 1. The topological polar surface area (TPSA) is 78.3 Å². The number of ether oxygens (including phenoxy) is 2. The molecule has 0 atom stereocenters. The van der Waals surface area contributed by atoms with Gasteiger partial charge in [-0.15, -0.1) is 0 Å². The van der Waals surface area contributed by atoms with Crippen LogP contribution in [0.3, 0.4) is 0 Å². The second kappa shape index (κ2) is 8.47. The van der Waals surface area contributed by atoms with Gasteiger partial charge in [0, 0.05) is 36.4 Å². The first-order chi connectivity index (χ1) is 15.3. The van der Waals surface area contributed by atoms with Crippen LogP contribution in [0, 0.1) is 0 Å². The lowest BCUT2D eigenvalue weighted by atomic mass is 10.0. The van der Waals surface area contributed by atoms with Crippen LogP contribution < -0.4 is 14.8 Å². The minimum atomic E-state index is -0.108. The van der Waals surface area contributed by atoms with E-state index in [1.165, 1.54) is 0 Å². The van der Waals surface area contributed by atoms with E-state index < -0.39 is 0 Å². The fraction of sp³-hybridized carbons (Fsp3) is 0.208. The highest BCUT2D eigenvalue weighted by Gasteiger charge is 2.16. The summed E-state index contributed by atoms with van der Waals surface area (Å²) < 4.78 is 13.3. The average Bonchev–Trinajstić information content (AvgIpc) is 3.34.